The van der Waals surface area contributed by atoms with Crippen LogP contribution in [0.1, 0.15) is 11.1 Å². The van der Waals surface area contributed by atoms with Crippen LogP contribution in [-0.2, 0) is 16.2 Å². The van der Waals surface area contributed by atoms with Gasteiger partial charge >= 0.3 is 0 Å². The van der Waals surface area contributed by atoms with Crippen LogP contribution in [0.4, 0.5) is 10.1 Å². The van der Waals surface area contributed by atoms with Gasteiger partial charge in [0.25, 0.3) is 11.8 Å². The van der Waals surface area contributed by atoms with E-state index in [0.717, 1.165) is 14.0 Å². The number of amides is 2. The number of nitrogens with zero attached hydrogens (tertiary/aromatic N) is 1. The molecular weight excluding hydrogens is 650 g/mol. The number of methoxy groups -OCH3 is 1. The molecule has 35 heavy (non-hydrogen) atoms. The summed E-state index contributed by atoms with van der Waals surface area (Å²) in [6.07, 6.45) is 1.39. The molecule has 0 saturated carbocycles. The first-order valence-electron chi connectivity index (χ1n) is 10.2. The molecule has 0 aliphatic carbocycles. The SMILES string of the molecule is COc1cc(/C=C2\C(=O)NC(=S)N(c3ccccc3F)C2=O)c(Br)cc1OCc1ccc(I)cc1. The summed E-state index contributed by atoms with van der Waals surface area (Å²) in [4.78, 5) is 26.8. The van der Waals surface area contributed by atoms with Crippen LogP contribution >= 0.6 is 50.7 Å². The highest BCUT2D eigenvalue weighted by molar-refractivity contribution is 14.1. The Hall–Kier alpha value is -2.83. The first-order valence-corrected chi connectivity index (χ1v) is 12.5. The van der Waals surface area contributed by atoms with E-state index in [2.05, 4.69) is 43.8 Å². The highest BCUT2D eigenvalue weighted by Gasteiger charge is 2.35. The summed E-state index contributed by atoms with van der Waals surface area (Å²) in [6.45, 7) is 0.329. The molecule has 6 nitrogen and oxygen atoms in total. The second-order valence-corrected chi connectivity index (χ2v) is 9.84. The van der Waals surface area contributed by atoms with Crippen molar-refractivity contribution in [1.82, 2.24) is 5.32 Å². The summed E-state index contributed by atoms with van der Waals surface area (Å²) >= 11 is 10.8. The summed E-state index contributed by atoms with van der Waals surface area (Å²) in [6, 6.07) is 17.0. The van der Waals surface area contributed by atoms with Gasteiger partial charge in [-0.05, 0) is 88.4 Å². The van der Waals surface area contributed by atoms with E-state index in [-0.39, 0.29) is 16.4 Å². The summed E-state index contributed by atoms with van der Waals surface area (Å²) < 4.78 is 27.5. The van der Waals surface area contributed by atoms with E-state index in [1.54, 1.807) is 18.2 Å². The molecule has 0 radical (unpaired) electrons. The Morgan fingerprint density at radius 2 is 1.83 bits per heavy atom. The molecule has 1 heterocycles. The molecule has 2 amide bonds. The van der Waals surface area contributed by atoms with Crippen LogP contribution in [0.2, 0.25) is 0 Å². The van der Waals surface area contributed by atoms with Crippen molar-refractivity contribution in [3.63, 3.8) is 0 Å². The maximum atomic E-state index is 14.4. The largest absolute Gasteiger partial charge is 0.493 e. The summed E-state index contributed by atoms with van der Waals surface area (Å²) in [5, 5.41) is 2.25. The Morgan fingerprint density at radius 1 is 1.11 bits per heavy atom. The van der Waals surface area contributed by atoms with Crippen molar-refractivity contribution >= 4 is 79.4 Å². The fourth-order valence-corrected chi connectivity index (χ4v) is 4.41. The molecule has 3 aromatic rings. The van der Waals surface area contributed by atoms with Crippen molar-refractivity contribution in [3.05, 3.63) is 91.2 Å². The van der Waals surface area contributed by atoms with E-state index >= 15 is 0 Å². The molecule has 1 aliphatic heterocycles. The van der Waals surface area contributed by atoms with E-state index in [1.807, 2.05) is 24.3 Å². The number of hydrogen-bond acceptors (Lipinski definition) is 5. The Morgan fingerprint density at radius 3 is 2.51 bits per heavy atom. The molecule has 1 fully saturated rings. The smallest absolute Gasteiger partial charge is 0.270 e. The minimum atomic E-state index is -0.742. The second kappa shape index (κ2) is 10.8. The maximum absolute atomic E-state index is 14.4. The average Bonchev–Trinajstić information content (AvgIpc) is 2.83. The first kappa shape index (κ1) is 25.3. The normalized spacial score (nSPS) is 14.8. The second-order valence-electron chi connectivity index (χ2n) is 7.35. The van der Waals surface area contributed by atoms with Gasteiger partial charge < -0.3 is 9.47 Å². The van der Waals surface area contributed by atoms with Gasteiger partial charge in [-0.25, -0.2) is 9.29 Å². The number of thiocarbonyl (C=S) groups is 1. The average molecular weight is 667 g/mol. The summed E-state index contributed by atoms with van der Waals surface area (Å²) in [5.41, 5.74) is 1.22. The number of rotatable bonds is 6. The number of para-hydroxylation sites is 1. The number of carbonyl (C=O) groups excluding carboxylic acids is 2. The van der Waals surface area contributed by atoms with Crippen molar-refractivity contribution in [2.75, 3.05) is 12.0 Å². The number of benzene rings is 3. The van der Waals surface area contributed by atoms with Gasteiger partial charge in [0, 0.05) is 8.04 Å². The molecule has 4 rings (SSSR count). The third kappa shape index (κ3) is 5.54. The third-order valence-electron chi connectivity index (χ3n) is 5.09. The molecule has 0 aromatic heterocycles. The van der Waals surface area contributed by atoms with E-state index < -0.39 is 17.6 Å². The van der Waals surface area contributed by atoms with Crippen molar-refractivity contribution in [2.24, 2.45) is 0 Å². The van der Waals surface area contributed by atoms with E-state index in [4.69, 9.17) is 21.7 Å². The molecule has 3 aromatic carbocycles. The van der Waals surface area contributed by atoms with Crippen molar-refractivity contribution in [2.45, 2.75) is 6.61 Å². The van der Waals surface area contributed by atoms with Crippen molar-refractivity contribution < 1.29 is 23.5 Å². The van der Waals surface area contributed by atoms with Crippen LogP contribution in [0.15, 0.2) is 70.7 Å². The molecule has 0 atom stereocenters. The first-order chi connectivity index (χ1) is 16.8. The molecular formula is C25H17BrFIN2O4S. The highest BCUT2D eigenvalue weighted by Crippen LogP contribution is 2.36. The van der Waals surface area contributed by atoms with Gasteiger partial charge in [-0.1, -0.05) is 40.2 Å². The van der Waals surface area contributed by atoms with Gasteiger partial charge in [0.05, 0.1) is 12.8 Å². The Kier molecular flexibility index (Phi) is 7.82. The van der Waals surface area contributed by atoms with Gasteiger partial charge in [0.2, 0.25) is 0 Å². The Bertz CT molecular complexity index is 1360. The lowest BCUT2D eigenvalue weighted by atomic mass is 10.1. The Labute approximate surface area is 228 Å². The molecule has 1 saturated heterocycles. The predicted octanol–water partition coefficient (Wildman–Crippen LogP) is 5.61. The van der Waals surface area contributed by atoms with Crippen molar-refractivity contribution in [3.8, 4) is 11.5 Å². The van der Waals surface area contributed by atoms with Crippen LogP contribution in [0.3, 0.4) is 0 Å². The van der Waals surface area contributed by atoms with Crippen LogP contribution in [0.25, 0.3) is 6.08 Å². The fraction of sp³-hybridized carbons (Fsp3) is 0.0800. The molecule has 10 heteroatoms. The van der Waals surface area contributed by atoms with E-state index in [0.29, 0.717) is 28.1 Å². The molecule has 178 valence electrons. The summed E-state index contributed by atoms with van der Waals surface area (Å²) in [5.74, 6) is -1.17. The van der Waals surface area contributed by atoms with Crippen molar-refractivity contribution in [1.29, 1.82) is 0 Å². The van der Waals surface area contributed by atoms with Crippen LogP contribution < -0.4 is 19.7 Å². The lowest BCUT2D eigenvalue weighted by Gasteiger charge is -2.29. The molecule has 0 unspecified atom stereocenters. The van der Waals surface area contributed by atoms with Crippen LogP contribution in [0.5, 0.6) is 11.5 Å². The lowest BCUT2D eigenvalue weighted by molar-refractivity contribution is -0.122. The Balaban J connectivity index is 1.65. The summed E-state index contributed by atoms with van der Waals surface area (Å²) in [7, 11) is 1.49. The van der Waals surface area contributed by atoms with E-state index in [9.17, 15) is 14.0 Å². The van der Waals surface area contributed by atoms with Gasteiger partial charge in [-0.2, -0.15) is 0 Å². The zero-order valence-electron chi connectivity index (χ0n) is 18.2. The topological polar surface area (TPSA) is 67.9 Å². The van der Waals surface area contributed by atoms with Gasteiger partial charge in [0.1, 0.15) is 18.0 Å². The zero-order valence-corrected chi connectivity index (χ0v) is 22.7. The minimum absolute atomic E-state index is 0.0515. The number of anilines is 1. The van der Waals surface area contributed by atoms with Crippen LogP contribution in [0, 0.1) is 9.39 Å². The predicted molar refractivity (Wildman–Crippen MR) is 147 cm³/mol. The number of halogens is 3. The zero-order chi connectivity index (χ0) is 25.1. The number of hydrogen-bond donors (Lipinski definition) is 1. The lowest BCUT2D eigenvalue weighted by Crippen LogP contribution is -2.54. The van der Waals surface area contributed by atoms with Gasteiger partial charge in [-0.15, -0.1) is 0 Å². The minimum Gasteiger partial charge on any atom is -0.493 e. The molecule has 1 aliphatic rings. The molecule has 0 spiro atoms. The monoisotopic (exact) mass is 666 g/mol. The number of nitrogens with one attached hydrogen (secondary N) is 1. The highest BCUT2D eigenvalue weighted by atomic mass is 127. The maximum Gasteiger partial charge on any atom is 0.270 e. The molecule has 0 bridgehead atoms. The number of ether oxygens (including phenoxy) is 2. The van der Waals surface area contributed by atoms with Gasteiger partial charge in [-0.3, -0.25) is 14.9 Å². The van der Waals surface area contributed by atoms with Gasteiger partial charge in [0.15, 0.2) is 16.6 Å². The fourth-order valence-electron chi connectivity index (χ4n) is 3.34. The quantitative estimate of drug-likeness (QED) is 0.160. The van der Waals surface area contributed by atoms with E-state index in [1.165, 1.54) is 31.4 Å². The third-order valence-corrected chi connectivity index (χ3v) is 6.78. The number of carbonyl (C=O) groups is 2. The molecule has 1 N–H and O–H groups in total. The van der Waals surface area contributed by atoms with Crippen LogP contribution in [-0.4, -0.2) is 24.0 Å². The standard InChI is InChI=1S/C25H17BrFIN2O4S/c1-33-21-11-15(18(26)12-22(21)34-13-14-6-8-16(28)9-7-14)10-17-23(31)29-25(35)30(24(17)32)20-5-3-2-4-19(20)27/h2-12H,13H2,1H3,(H,29,31,35)/b17-10+.